The summed E-state index contributed by atoms with van der Waals surface area (Å²) in [6.07, 6.45) is 5.55. The van der Waals surface area contributed by atoms with Gasteiger partial charge in [0.05, 0.1) is 0 Å². The first-order chi connectivity index (χ1) is 4.38. The van der Waals surface area contributed by atoms with Crippen LogP contribution in [0.2, 0.25) is 0 Å². The molecule has 0 N–H and O–H groups in total. The summed E-state index contributed by atoms with van der Waals surface area (Å²) < 4.78 is 0. The largest absolute Gasteiger partial charge is 0.298 e. The standard InChI is InChI=1S/C8H8O/c9-8-4-1-2-5(8)7-3-6(4)7/h1-2,4-7H,3H2/t4-,5+,6+,7-. The van der Waals surface area contributed by atoms with Gasteiger partial charge in [0, 0.05) is 11.8 Å². The van der Waals surface area contributed by atoms with Crippen molar-refractivity contribution in [3.63, 3.8) is 0 Å². The van der Waals surface area contributed by atoms with Crippen molar-refractivity contribution in [2.75, 3.05) is 0 Å². The Balaban J connectivity index is 2.17. The predicted molar refractivity (Wildman–Crippen MR) is 32.7 cm³/mol. The maximum Gasteiger partial charge on any atom is 0.147 e. The second-order valence-corrected chi connectivity index (χ2v) is 3.40. The van der Waals surface area contributed by atoms with E-state index in [4.69, 9.17) is 0 Å². The number of hydrogen-bond donors (Lipinski definition) is 0. The molecule has 0 radical (unpaired) electrons. The maximum absolute atomic E-state index is 11.1. The van der Waals surface area contributed by atoms with E-state index >= 15 is 0 Å². The molecule has 0 unspecified atom stereocenters. The van der Waals surface area contributed by atoms with Gasteiger partial charge in [0.2, 0.25) is 0 Å². The van der Waals surface area contributed by atoms with Crippen LogP contribution in [-0.2, 0) is 4.79 Å². The van der Waals surface area contributed by atoms with Gasteiger partial charge in [0.1, 0.15) is 5.78 Å². The van der Waals surface area contributed by atoms with Crippen LogP contribution in [0.5, 0.6) is 0 Å². The minimum absolute atomic E-state index is 0.361. The average molecular weight is 120 g/mol. The number of ketones is 1. The van der Waals surface area contributed by atoms with E-state index in [-0.39, 0.29) is 0 Å². The molecule has 0 spiro atoms. The van der Waals surface area contributed by atoms with E-state index in [1.807, 2.05) is 0 Å². The van der Waals surface area contributed by atoms with E-state index in [1.165, 1.54) is 6.42 Å². The fourth-order valence-electron chi connectivity index (χ4n) is 2.42. The molecule has 0 aromatic carbocycles. The normalized spacial score (nSPS) is 58.4. The third-order valence-electron chi connectivity index (χ3n) is 3.00. The van der Waals surface area contributed by atoms with Crippen LogP contribution in [0.1, 0.15) is 6.42 Å². The van der Waals surface area contributed by atoms with Crippen LogP contribution in [0.3, 0.4) is 0 Å². The number of rotatable bonds is 0. The topological polar surface area (TPSA) is 17.1 Å². The SMILES string of the molecule is O=C1[C@H]2C=C[C@@H]1[C@@H]1C[C@@H]12. The molecule has 1 heteroatoms. The van der Waals surface area contributed by atoms with Gasteiger partial charge in [-0.3, -0.25) is 4.79 Å². The molecule has 0 aliphatic heterocycles. The molecule has 2 fully saturated rings. The van der Waals surface area contributed by atoms with Crippen LogP contribution in [0, 0.1) is 23.7 Å². The lowest BCUT2D eigenvalue weighted by Crippen LogP contribution is -2.09. The Morgan fingerprint density at radius 2 is 1.78 bits per heavy atom. The second-order valence-electron chi connectivity index (χ2n) is 3.40. The van der Waals surface area contributed by atoms with Crippen molar-refractivity contribution in [3.05, 3.63) is 12.2 Å². The van der Waals surface area contributed by atoms with Crippen LogP contribution in [0.4, 0.5) is 0 Å². The van der Waals surface area contributed by atoms with Crippen molar-refractivity contribution in [2.45, 2.75) is 6.42 Å². The molecule has 4 atom stereocenters. The monoisotopic (exact) mass is 120 g/mol. The van der Waals surface area contributed by atoms with Gasteiger partial charge >= 0.3 is 0 Å². The molecule has 3 aliphatic carbocycles. The van der Waals surface area contributed by atoms with Gasteiger partial charge in [0.25, 0.3) is 0 Å². The fraction of sp³-hybridized carbons (Fsp3) is 0.625. The number of hydrogen-bond acceptors (Lipinski definition) is 1. The van der Waals surface area contributed by atoms with Gasteiger partial charge < -0.3 is 0 Å². The molecule has 46 valence electrons. The minimum atomic E-state index is 0.361. The smallest absolute Gasteiger partial charge is 0.147 e. The number of allylic oxidation sites excluding steroid dienone is 2. The molecular weight excluding hydrogens is 112 g/mol. The highest BCUT2D eigenvalue weighted by atomic mass is 16.1. The first-order valence-corrected chi connectivity index (χ1v) is 3.60. The molecular formula is C8H8O. The third kappa shape index (κ3) is 0.311. The highest BCUT2D eigenvalue weighted by Gasteiger charge is 2.60. The fourth-order valence-corrected chi connectivity index (χ4v) is 2.42. The highest BCUT2D eigenvalue weighted by molar-refractivity contribution is 5.93. The van der Waals surface area contributed by atoms with Crippen LogP contribution >= 0.6 is 0 Å². The van der Waals surface area contributed by atoms with Gasteiger partial charge in [-0.05, 0) is 18.3 Å². The zero-order chi connectivity index (χ0) is 6.01. The van der Waals surface area contributed by atoms with Gasteiger partial charge in [0.15, 0.2) is 0 Å². The van der Waals surface area contributed by atoms with Crippen molar-refractivity contribution >= 4 is 5.78 Å². The van der Waals surface area contributed by atoms with Gasteiger partial charge in [-0.25, -0.2) is 0 Å². The van der Waals surface area contributed by atoms with E-state index in [0.29, 0.717) is 17.6 Å². The van der Waals surface area contributed by atoms with Gasteiger partial charge in [-0.15, -0.1) is 0 Å². The minimum Gasteiger partial charge on any atom is -0.298 e. The van der Waals surface area contributed by atoms with E-state index in [9.17, 15) is 4.79 Å². The highest BCUT2D eigenvalue weighted by Crippen LogP contribution is 2.60. The first-order valence-electron chi connectivity index (χ1n) is 3.60. The summed E-state index contributed by atoms with van der Waals surface area (Å²) in [6, 6.07) is 0. The van der Waals surface area contributed by atoms with Gasteiger partial charge in [-0.2, -0.15) is 0 Å². The Morgan fingerprint density at radius 3 is 2.11 bits per heavy atom. The van der Waals surface area contributed by atoms with Crippen LogP contribution in [-0.4, -0.2) is 5.78 Å². The molecule has 0 saturated heterocycles. The van der Waals surface area contributed by atoms with E-state index in [1.54, 1.807) is 0 Å². The van der Waals surface area contributed by atoms with Crippen LogP contribution < -0.4 is 0 Å². The van der Waals surface area contributed by atoms with Crippen molar-refractivity contribution in [2.24, 2.45) is 23.7 Å². The lowest BCUT2D eigenvalue weighted by Gasteiger charge is -1.97. The first kappa shape index (κ1) is 4.26. The summed E-state index contributed by atoms with van der Waals surface area (Å²) in [7, 11) is 0. The summed E-state index contributed by atoms with van der Waals surface area (Å²) in [5, 5.41) is 0. The maximum atomic E-state index is 11.1. The molecule has 0 aromatic rings. The molecule has 0 aromatic heterocycles. The van der Waals surface area contributed by atoms with Crippen molar-refractivity contribution < 1.29 is 4.79 Å². The van der Waals surface area contributed by atoms with Crippen LogP contribution in [0.25, 0.3) is 0 Å². The van der Waals surface area contributed by atoms with Crippen molar-refractivity contribution in [1.82, 2.24) is 0 Å². The molecule has 1 nitrogen and oxygen atoms in total. The lowest BCUT2D eigenvalue weighted by molar-refractivity contribution is -0.121. The second kappa shape index (κ2) is 1.00. The van der Waals surface area contributed by atoms with Crippen molar-refractivity contribution in [1.29, 1.82) is 0 Å². The molecule has 2 saturated carbocycles. The van der Waals surface area contributed by atoms with Crippen LogP contribution in [0.15, 0.2) is 12.2 Å². The predicted octanol–water partition coefficient (Wildman–Crippen LogP) is 1.01. The Kier molecular flexibility index (Phi) is 0.476. The summed E-state index contributed by atoms with van der Waals surface area (Å²) in [5.74, 6) is 2.80. The number of carbonyl (C=O) groups is 1. The number of Topliss-reactive ketones (excluding diaryl/α,β-unsaturated/α-hetero) is 1. The number of carbonyl (C=O) groups excluding carboxylic acids is 1. The third-order valence-corrected chi connectivity index (χ3v) is 3.00. The summed E-state index contributed by atoms with van der Waals surface area (Å²) in [5.41, 5.74) is 0. The van der Waals surface area contributed by atoms with E-state index < -0.39 is 0 Å². The van der Waals surface area contributed by atoms with E-state index in [0.717, 1.165) is 11.8 Å². The Bertz CT molecular complexity index is 197. The lowest BCUT2D eigenvalue weighted by atomic mass is 10.1. The molecule has 3 aliphatic rings. The molecule has 9 heavy (non-hydrogen) atoms. The molecule has 3 rings (SSSR count). The Hall–Kier alpha value is -0.590. The molecule has 0 heterocycles. The zero-order valence-corrected chi connectivity index (χ0v) is 5.08. The Morgan fingerprint density at radius 1 is 1.22 bits per heavy atom. The zero-order valence-electron chi connectivity index (χ0n) is 5.08. The Labute approximate surface area is 53.7 Å². The van der Waals surface area contributed by atoms with E-state index in [2.05, 4.69) is 12.2 Å². The van der Waals surface area contributed by atoms with Crippen molar-refractivity contribution in [3.8, 4) is 0 Å². The molecule has 0 amide bonds. The average Bonchev–Trinajstić information content (AvgIpc) is 2.53. The number of fused-ring (bicyclic) bond motifs is 5. The molecule has 2 bridgehead atoms. The summed E-state index contributed by atoms with van der Waals surface area (Å²) in [6.45, 7) is 0. The summed E-state index contributed by atoms with van der Waals surface area (Å²) in [4.78, 5) is 11.1. The van der Waals surface area contributed by atoms with Gasteiger partial charge in [-0.1, -0.05) is 12.2 Å². The summed E-state index contributed by atoms with van der Waals surface area (Å²) >= 11 is 0. The quantitative estimate of drug-likeness (QED) is 0.436.